The predicted octanol–water partition coefficient (Wildman–Crippen LogP) is 3.63. The Morgan fingerprint density at radius 2 is 1.83 bits per heavy atom. The normalized spacial score (nSPS) is 18.1. The first-order chi connectivity index (χ1) is 13.5. The SMILES string of the molecule is COc1cc(C(=O)N2CCCC2C(O[SiH](C)C)C(C)(C)C)c([N+](=O)[O-])cc1OC. The highest BCUT2D eigenvalue weighted by Crippen LogP contribution is 2.38. The van der Waals surface area contributed by atoms with Gasteiger partial charge in [-0.25, -0.2) is 0 Å². The fourth-order valence-corrected chi connectivity index (χ4v) is 5.05. The van der Waals surface area contributed by atoms with Gasteiger partial charge in [0.2, 0.25) is 0 Å². The molecular formula is C20H32N2O6Si. The summed E-state index contributed by atoms with van der Waals surface area (Å²) in [6.45, 7) is 11.1. The number of nitro groups is 1. The number of benzene rings is 1. The van der Waals surface area contributed by atoms with Crippen LogP contribution >= 0.6 is 0 Å². The summed E-state index contributed by atoms with van der Waals surface area (Å²) in [6.07, 6.45) is 1.53. The summed E-state index contributed by atoms with van der Waals surface area (Å²) in [5.41, 5.74) is -0.437. The molecule has 0 saturated carbocycles. The second-order valence-corrected chi connectivity index (χ2v) is 11.0. The van der Waals surface area contributed by atoms with Crippen LogP contribution in [0.4, 0.5) is 5.69 Å². The van der Waals surface area contributed by atoms with Gasteiger partial charge in [0.15, 0.2) is 20.5 Å². The predicted molar refractivity (Wildman–Crippen MR) is 113 cm³/mol. The van der Waals surface area contributed by atoms with E-state index in [1.54, 1.807) is 4.90 Å². The zero-order valence-electron chi connectivity index (χ0n) is 18.4. The van der Waals surface area contributed by atoms with Gasteiger partial charge < -0.3 is 18.8 Å². The van der Waals surface area contributed by atoms with Crippen molar-refractivity contribution in [3.8, 4) is 11.5 Å². The van der Waals surface area contributed by atoms with Crippen molar-refractivity contribution in [3.63, 3.8) is 0 Å². The average Bonchev–Trinajstić information content (AvgIpc) is 3.12. The molecular weight excluding hydrogens is 392 g/mol. The quantitative estimate of drug-likeness (QED) is 0.377. The highest BCUT2D eigenvalue weighted by molar-refractivity contribution is 6.48. The maximum absolute atomic E-state index is 13.4. The van der Waals surface area contributed by atoms with Crippen LogP contribution in [0.1, 0.15) is 44.0 Å². The molecule has 1 aromatic rings. The van der Waals surface area contributed by atoms with Crippen molar-refractivity contribution in [1.82, 2.24) is 4.90 Å². The monoisotopic (exact) mass is 424 g/mol. The van der Waals surface area contributed by atoms with Gasteiger partial charge in [0.25, 0.3) is 11.6 Å². The molecule has 0 N–H and O–H groups in total. The van der Waals surface area contributed by atoms with Gasteiger partial charge in [-0.2, -0.15) is 0 Å². The number of carbonyl (C=O) groups excluding carboxylic acids is 1. The molecule has 8 nitrogen and oxygen atoms in total. The standard InChI is InChI=1S/C20H32N2O6Si/c1-20(2,3)18(28-29(6)7)14-9-8-10-21(14)19(23)13-11-16(26-4)17(27-5)12-15(13)22(24)25/h11-12,14,18,29H,8-10H2,1-7H3. The molecule has 0 radical (unpaired) electrons. The van der Waals surface area contributed by atoms with Gasteiger partial charge in [-0.3, -0.25) is 14.9 Å². The summed E-state index contributed by atoms with van der Waals surface area (Å²) in [5.74, 6) is 0.134. The first-order valence-electron chi connectivity index (χ1n) is 9.88. The Labute approximate surface area is 174 Å². The highest BCUT2D eigenvalue weighted by Gasteiger charge is 2.42. The van der Waals surface area contributed by atoms with Crippen LogP contribution < -0.4 is 9.47 Å². The molecule has 1 aliphatic rings. The van der Waals surface area contributed by atoms with E-state index < -0.39 is 14.0 Å². The number of nitrogens with zero attached hydrogens (tertiary/aromatic N) is 2. The molecule has 2 rings (SSSR count). The molecule has 1 heterocycles. The van der Waals surface area contributed by atoms with Crippen molar-refractivity contribution in [1.29, 1.82) is 0 Å². The van der Waals surface area contributed by atoms with Gasteiger partial charge in [0.05, 0.1) is 37.4 Å². The van der Waals surface area contributed by atoms with Gasteiger partial charge in [0, 0.05) is 12.6 Å². The second kappa shape index (κ2) is 9.13. The maximum Gasteiger partial charge on any atom is 0.286 e. The van der Waals surface area contributed by atoms with Gasteiger partial charge in [-0.1, -0.05) is 20.8 Å². The van der Waals surface area contributed by atoms with Crippen LogP contribution in [0.2, 0.25) is 13.1 Å². The molecule has 1 saturated heterocycles. The molecule has 29 heavy (non-hydrogen) atoms. The number of nitro benzene ring substituents is 1. The lowest BCUT2D eigenvalue weighted by atomic mass is 9.83. The van der Waals surface area contributed by atoms with E-state index in [4.69, 9.17) is 13.9 Å². The summed E-state index contributed by atoms with van der Waals surface area (Å²) in [5, 5.41) is 11.6. The molecule has 0 aliphatic carbocycles. The molecule has 162 valence electrons. The first kappa shape index (κ1) is 23.1. The van der Waals surface area contributed by atoms with E-state index in [0.29, 0.717) is 6.54 Å². The van der Waals surface area contributed by atoms with Crippen LogP contribution in [-0.2, 0) is 4.43 Å². The van der Waals surface area contributed by atoms with Crippen LogP contribution in [0, 0.1) is 15.5 Å². The third-order valence-electron chi connectivity index (χ3n) is 5.11. The third-order valence-corrected chi connectivity index (χ3v) is 5.95. The first-order valence-corrected chi connectivity index (χ1v) is 12.7. The molecule has 9 heteroatoms. The van der Waals surface area contributed by atoms with Crippen LogP contribution in [0.25, 0.3) is 0 Å². The van der Waals surface area contributed by atoms with Crippen molar-refractivity contribution in [3.05, 3.63) is 27.8 Å². The smallest absolute Gasteiger partial charge is 0.286 e. The Morgan fingerprint density at radius 3 is 2.31 bits per heavy atom. The van der Waals surface area contributed by atoms with Crippen LogP contribution in [0.3, 0.4) is 0 Å². The molecule has 1 aromatic carbocycles. The van der Waals surface area contributed by atoms with Crippen molar-refractivity contribution in [2.24, 2.45) is 5.41 Å². The van der Waals surface area contributed by atoms with Crippen molar-refractivity contribution in [2.45, 2.75) is 58.9 Å². The number of rotatable bonds is 7. The number of hydrogen-bond donors (Lipinski definition) is 0. The molecule has 0 spiro atoms. The van der Waals surface area contributed by atoms with E-state index in [9.17, 15) is 14.9 Å². The summed E-state index contributed by atoms with van der Waals surface area (Å²) in [6, 6.07) is 2.53. The number of hydrogen-bond acceptors (Lipinski definition) is 6. The molecule has 2 unspecified atom stereocenters. The lowest BCUT2D eigenvalue weighted by Gasteiger charge is -2.40. The molecule has 2 atom stereocenters. The summed E-state index contributed by atoms with van der Waals surface area (Å²) < 4.78 is 16.8. The third kappa shape index (κ3) is 5.08. The Morgan fingerprint density at radius 1 is 1.24 bits per heavy atom. The molecule has 1 fully saturated rings. The largest absolute Gasteiger partial charge is 0.493 e. The Balaban J connectivity index is 2.48. The number of ether oxygens (including phenoxy) is 2. The van der Waals surface area contributed by atoms with Gasteiger partial charge in [-0.15, -0.1) is 0 Å². The summed E-state index contributed by atoms with van der Waals surface area (Å²) in [7, 11) is 1.49. The van der Waals surface area contributed by atoms with E-state index in [2.05, 4.69) is 33.9 Å². The lowest BCUT2D eigenvalue weighted by molar-refractivity contribution is -0.385. The maximum atomic E-state index is 13.4. The Bertz CT molecular complexity index is 762. The average molecular weight is 425 g/mol. The van der Waals surface area contributed by atoms with Crippen LogP contribution in [0.15, 0.2) is 12.1 Å². The Kier molecular flexibility index (Phi) is 7.28. The molecule has 0 bridgehead atoms. The molecule has 0 aromatic heterocycles. The zero-order chi connectivity index (χ0) is 21.9. The minimum Gasteiger partial charge on any atom is -0.493 e. The minimum absolute atomic E-state index is 0.00833. The fourth-order valence-electron chi connectivity index (χ4n) is 3.87. The lowest BCUT2D eigenvalue weighted by Crippen LogP contribution is -2.50. The van der Waals surface area contributed by atoms with Gasteiger partial charge in [-0.05, 0) is 31.4 Å². The van der Waals surface area contributed by atoms with E-state index >= 15 is 0 Å². The van der Waals surface area contributed by atoms with E-state index in [0.717, 1.165) is 12.8 Å². The topological polar surface area (TPSA) is 91.1 Å². The van der Waals surface area contributed by atoms with Crippen molar-refractivity contribution in [2.75, 3.05) is 20.8 Å². The van der Waals surface area contributed by atoms with Crippen LogP contribution in [-0.4, -0.2) is 57.7 Å². The number of amides is 1. The zero-order valence-corrected chi connectivity index (χ0v) is 19.5. The number of methoxy groups -OCH3 is 2. The van der Waals surface area contributed by atoms with Crippen molar-refractivity contribution < 1.29 is 23.6 Å². The minimum atomic E-state index is -1.35. The summed E-state index contributed by atoms with van der Waals surface area (Å²) in [4.78, 5) is 26.3. The van der Waals surface area contributed by atoms with Gasteiger partial charge in [0.1, 0.15) is 5.56 Å². The highest BCUT2D eigenvalue weighted by atomic mass is 28.3. The second-order valence-electron chi connectivity index (χ2n) is 8.66. The van der Waals surface area contributed by atoms with Crippen molar-refractivity contribution >= 4 is 20.6 Å². The van der Waals surface area contributed by atoms with Crippen LogP contribution in [0.5, 0.6) is 11.5 Å². The Hall–Kier alpha value is -2.13. The van der Waals surface area contributed by atoms with E-state index in [-0.39, 0.29) is 46.2 Å². The molecule has 1 amide bonds. The van der Waals surface area contributed by atoms with E-state index in [1.807, 2.05) is 0 Å². The van der Waals surface area contributed by atoms with Gasteiger partial charge >= 0.3 is 0 Å². The molecule has 1 aliphatic heterocycles. The number of likely N-dealkylation sites (tertiary alicyclic amines) is 1. The van der Waals surface area contributed by atoms with E-state index in [1.165, 1.54) is 26.4 Å². The summed E-state index contributed by atoms with van der Waals surface area (Å²) >= 11 is 0. The number of carbonyl (C=O) groups is 1. The fraction of sp³-hybridized carbons (Fsp3) is 0.650.